The first kappa shape index (κ1) is 16.4. The third-order valence-corrected chi connectivity index (χ3v) is 4.05. The minimum atomic E-state index is -0.690. The Morgan fingerprint density at radius 2 is 1.73 bits per heavy atom. The average molecular weight is 325 g/mol. The van der Waals surface area contributed by atoms with Gasteiger partial charge in [-0.3, -0.25) is 4.79 Å². The summed E-state index contributed by atoms with van der Waals surface area (Å²) in [5.41, 5.74) is 0.771. The lowest BCUT2D eigenvalue weighted by Gasteiger charge is -2.14. The fourth-order valence-electron chi connectivity index (χ4n) is 1.85. The van der Waals surface area contributed by atoms with Crippen molar-refractivity contribution in [1.29, 1.82) is 0 Å². The number of hydrogen-bond acceptors (Lipinski definition) is 2. The van der Waals surface area contributed by atoms with Crippen molar-refractivity contribution in [1.82, 2.24) is 5.32 Å². The summed E-state index contributed by atoms with van der Waals surface area (Å²) in [4.78, 5) is 12.1. The molecular formula is C16H14F3NOS. The van der Waals surface area contributed by atoms with Crippen LogP contribution in [0.1, 0.15) is 18.5 Å². The molecule has 0 spiro atoms. The van der Waals surface area contributed by atoms with Gasteiger partial charge in [0.25, 0.3) is 0 Å². The molecule has 0 aliphatic carbocycles. The number of rotatable bonds is 5. The largest absolute Gasteiger partial charge is 0.349 e. The van der Waals surface area contributed by atoms with E-state index in [4.69, 9.17) is 0 Å². The van der Waals surface area contributed by atoms with Crippen molar-refractivity contribution >= 4 is 17.7 Å². The van der Waals surface area contributed by atoms with E-state index in [1.54, 1.807) is 19.1 Å². The molecule has 2 aromatic rings. The maximum atomic E-state index is 13.4. The third kappa shape index (κ3) is 4.53. The Kier molecular flexibility index (Phi) is 5.49. The molecule has 2 rings (SSSR count). The Morgan fingerprint density at radius 3 is 2.36 bits per heavy atom. The molecule has 2 aromatic carbocycles. The smallest absolute Gasteiger partial charge is 0.230 e. The molecule has 1 unspecified atom stereocenters. The third-order valence-electron chi connectivity index (χ3n) is 3.00. The lowest BCUT2D eigenvalue weighted by Crippen LogP contribution is -2.28. The maximum absolute atomic E-state index is 13.4. The van der Waals surface area contributed by atoms with E-state index in [1.807, 2.05) is 0 Å². The van der Waals surface area contributed by atoms with Crippen LogP contribution in [0.5, 0.6) is 0 Å². The molecule has 116 valence electrons. The van der Waals surface area contributed by atoms with E-state index < -0.39 is 11.6 Å². The van der Waals surface area contributed by atoms with Gasteiger partial charge in [-0.1, -0.05) is 12.1 Å². The monoisotopic (exact) mass is 325 g/mol. The molecule has 0 radical (unpaired) electrons. The molecule has 0 heterocycles. The highest BCUT2D eigenvalue weighted by molar-refractivity contribution is 8.00. The molecule has 0 aliphatic rings. The van der Waals surface area contributed by atoms with Gasteiger partial charge in [0.1, 0.15) is 17.5 Å². The Balaban J connectivity index is 1.88. The fraction of sp³-hybridized carbons (Fsp3) is 0.188. The summed E-state index contributed by atoms with van der Waals surface area (Å²) in [6.07, 6.45) is 0. The lowest BCUT2D eigenvalue weighted by molar-refractivity contribution is -0.119. The normalized spacial score (nSPS) is 12.0. The predicted octanol–water partition coefficient (Wildman–Crippen LogP) is 4.07. The van der Waals surface area contributed by atoms with Gasteiger partial charge >= 0.3 is 0 Å². The van der Waals surface area contributed by atoms with Crippen LogP contribution in [0.3, 0.4) is 0 Å². The van der Waals surface area contributed by atoms with E-state index in [0.29, 0.717) is 0 Å². The number of hydrogen-bond donors (Lipinski definition) is 1. The molecule has 0 saturated carbocycles. The number of halogens is 3. The molecule has 0 fully saturated rings. The number of amides is 1. The van der Waals surface area contributed by atoms with E-state index in [0.717, 1.165) is 29.5 Å². The van der Waals surface area contributed by atoms with Crippen LogP contribution in [-0.2, 0) is 4.79 Å². The highest BCUT2D eigenvalue weighted by Gasteiger charge is 2.11. The van der Waals surface area contributed by atoms with Crippen LogP contribution >= 0.6 is 11.8 Å². The second kappa shape index (κ2) is 7.35. The highest BCUT2D eigenvalue weighted by atomic mass is 32.2. The van der Waals surface area contributed by atoms with Crippen LogP contribution in [0.2, 0.25) is 0 Å². The van der Waals surface area contributed by atoms with Crippen molar-refractivity contribution in [2.45, 2.75) is 17.9 Å². The summed E-state index contributed by atoms with van der Waals surface area (Å²) < 4.78 is 39.1. The van der Waals surface area contributed by atoms with E-state index >= 15 is 0 Å². The lowest BCUT2D eigenvalue weighted by atomic mass is 10.1. The van der Waals surface area contributed by atoms with Crippen LogP contribution in [0.25, 0.3) is 0 Å². The number of thioether (sulfide) groups is 1. The van der Waals surface area contributed by atoms with E-state index in [9.17, 15) is 18.0 Å². The minimum Gasteiger partial charge on any atom is -0.349 e. The van der Waals surface area contributed by atoms with Crippen LogP contribution in [-0.4, -0.2) is 11.7 Å². The van der Waals surface area contributed by atoms with Crippen LogP contribution in [0, 0.1) is 17.5 Å². The Bertz CT molecular complexity index is 661. The van der Waals surface area contributed by atoms with Gasteiger partial charge in [-0.2, -0.15) is 0 Å². The van der Waals surface area contributed by atoms with Crippen molar-refractivity contribution in [2.75, 3.05) is 5.75 Å². The van der Waals surface area contributed by atoms with Gasteiger partial charge in [0.15, 0.2) is 0 Å². The van der Waals surface area contributed by atoms with Crippen molar-refractivity contribution in [3.63, 3.8) is 0 Å². The maximum Gasteiger partial charge on any atom is 0.230 e. The van der Waals surface area contributed by atoms with Crippen molar-refractivity contribution in [3.8, 4) is 0 Å². The highest BCUT2D eigenvalue weighted by Crippen LogP contribution is 2.22. The quantitative estimate of drug-likeness (QED) is 0.840. The standard InChI is InChI=1S/C16H14F3NOS/c1-10(11-2-4-12(17)5-3-11)20-16(21)9-22-15-7-6-13(18)8-14(15)19/h2-8,10H,9H2,1H3,(H,20,21). The van der Waals surface area contributed by atoms with Crippen molar-refractivity contribution < 1.29 is 18.0 Å². The Labute approximate surface area is 130 Å². The summed E-state index contributed by atoms with van der Waals surface area (Å²) in [7, 11) is 0. The molecule has 1 N–H and O–H groups in total. The zero-order valence-corrected chi connectivity index (χ0v) is 12.6. The molecule has 0 aromatic heterocycles. The van der Waals surface area contributed by atoms with Gasteiger partial charge in [0.2, 0.25) is 5.91 Å². The molecule has 2 nitrogen and oxygen atoms in total. The summed E-state index contributed by atoms with van der Waals surface area (Å²) in [5.74, 6) is -1.97. The van der Waals surface area contributed by atoms with Gasteiger partial charge in [0, 0.05) is 11.0 Å². The molecular weight excluding hydrogens is 311 g/mol. The summed E-state index contributed by atoms with van der Waals surface area (Å²) in [5, 5.41) is 2.74. The summed E-state index contributed by atoms with van der Waals surface area (Å²) >= 11 is 0.990. The first-order chi connectivity index (χ1) is 10.5. The fourth-order valence-corrected chi connectivity index (χ4v) is 2.58. The minimum absolute atomic E-state index is 0.00802. The average Bonchev–Trinajstić information content (AvgIpc) is 2.47. The molecule has 0 bridgehead atoms. The topological polar surface area (TPSA) is 29.1 Å². The van der Waals surface area contributed by atoms with Crippen LogP contribution in [0.4, 0.5) is 13.2 Å². The Hall–Kier alpha value is -1.95. The van der Waals surface area contributed by atoms with Gasteiger partial charge in [0.05, 0.1) is 11.8 Å². The van der Waals surface area contributed by atoms with Gasteiger partial charge in [-0.25, -0.2) is 13.2 Å². The molecule has 0 saturated heterocycles. The van der Waals surface area contributed by atoms with Gasteiger partial charge < -0.3 is 5.32 Å². The number of benzene rings is 2. The predicted molar refractivity (Wildman–Crippen MR) is 80.0 cm³/mol. The number of nitrogens with one attached hydrogen (secondary N) is 1. The molecule has 1 amide bonds. The number of carbonyl (C=O) groups excluding carboxylic acids is 1. The first-order valence-electron chi connectivity index (χ1n) is 6.58. The summed E-state index contributed by atoms with van der Waals surface area (Å²) in [6, 6.07) is 8.76. The Morgan fingerprint density at radius 1 is 1.09 bits per heavy atom. The van der Waals surface area contributed by atoms with Crippen molar-refractivity contribution in [3.05, 3.63) is 65.5 Å². The SMILES string of the molecule is CC(NC(=O)CSc1ccc(F)cc1F)c1ccc(F)cc1. The van der Waals surface area contributed by atoms with E-state index in [1.165, 1.54) is 18.2 Å². The van der Waals surface area contributed by atoms with Gasteiger partial charge in [-0.15, -0.1) is 11.8 Å². The first-order valence-corrected chi connectivity index (χ1v) is 7.57. The van der Waals surface area contributed by atoms with Gasteiger partial charge in [-0.05, 0) is 36.8 Å². The van der Waals surface area contributed by atoms with Crippen molar-refractivity contribution in [2.24, 2.45) is 0 Å². The molecule has 6 heteroatoms. The van der Waals surface area contributed by atoms with E-state index in [-0.39, 0.29) is 28.4 Å². The van der Waals surface area contributed by atoms with Crippen LogP contribution < -0.4 is 5.32 Å². The second-order valence-corrected chi connectivity index (χ2v) is 5.72. The number of carbonyl (C=O) groups is 1. The molecule has 1 atom stereocenters. The second-order valence-electron chi connectivity index (χ2n) is 4.70. The molecule has 22 heavy (non-hydrogen) atoms. The molecule has 0 aliphatic heterocycles. The van der Waals surface area contributed by atoms with E-state index in [2.05, 4.69) is 5.32 Å². The zero-order chi connectivity index (χ0) is 16.1. The zero-order valence-electron chi connectivity index (χ0n) is 11.8. The van der Waals surface area contributed by atoms with Crippen LogP contribution in [0.15, 0.2) is 47.4 Å². The summed E-state index contributed by atoms with van der Waals surface area (Å²) in [6.45, 7) is 1.77.